The molecule has 1 aromatic rings. The highest BCUT2D eigenvalue weighted by Gasteiger charge is 2.28. The highest BCUT2D eigenvalue weighted by Crippen LogP contribution is 2.17. The van der Waals surface area contributed by atoms with Crippen LogP contribution in [-0.2, 0) is 0 Å². The number of amides is 1. The molecule has 0 bridgehead atoms. The Morgan fingerprint density at radius 3 is 2.79 bits per heavy atom. The Hall–Kier alpha value is -0.980. The van der Waals surface area contributed by atoms with E-state index < -0.39 is 0 Å². The fraction of sp³-hybridized carbons (Fsp3) is 0.692. The molecule has 19 heavy (non-hydrogen) atoms. The van der Waals surface area contributed by atoms with Crippen molar-refractivity contribution in [2.45, 2.75) is 19.4 Å². The minimum Gasteiger partial charge on any atom is -0.335 e. The van der Waals surface area contributed by atoms with E-state index >= 15 is 0 Å². The van der Waals surface area contributed by atoms with Crippen LogP contribution in [0.2, 0.25) is 0 Å². The summed E-state index contributed by atoms with van der Waals surface area (Å²) in [6.45, 7) is 7.84. The van der Waals surface area contributed by atoms with E-state index in [1.807, 2.05) is 11.8 Å². The van der Waals surface area contributed by atoms with Crippen LogP contribution in [0.1, 0.15) is 21.1 Å². The van der Waals surface area contributed by atoms with Crippen molar-refractivity contribution in [3.8, 4) is 0 Å². The Kier molecular flexibility index (Phi) is 3.81. The van der Waals surface area contributed by atoms with Crippen LogP contribution < -0.4 is 5.32 Å². The first-order valence-corrected chi connectivity index (χ1v) is 7.72. The van der Waals surface area contributed by atoms with E-state index in [-0.39, 0.29) is 5.91 Å². The van der Waals surface area contributed by atoms with Gasteiger partial charge in [-0.05, 0) is 19.9 Å². The Labute approximate surface area is 117 Å². The summed E-state index contributed by atoms with van der Waals surface area (Å²) in [6, 6.07) is 0.669. The van der Waals surface area contributed by atoms with E-state index in [2.05, 4.69) is 15.2 Å². The minimum atomic E-state index is 0.148. The molecule has 1 N–H and O–H groups in total. The van der Waals surface area contributed by atoms with Gasteiger partial charge in [0.25, 0.3) is 5.91 Å². The van der Waals surface area contributed by atoms with Gasteiger partial charge >= 0.3 is 0 Å². The molecule has 0 aliphatic carbocycles. The molecule has 104 valence electrons. The molecule has 5 nitrogen and oxygen atoms in total. The maximum Gasteiger partial charge on any atom is 0.265 e. The standard InChI is InChI=1S/C13H20N4OS/c1-10-15-9-12(19-10)13(18)17-6-4-16(5-7-17)11-2-3-14-8-11/h9,11,14H,2-8H2,1H3. The van der Waals surface area contributed by atoms with Gasteiger partial charge in [-0.3, -0.25) is 9.69 Å². The van der Waals surface area contributed by atoms with Gasteiger partial charge in [0.15, 0.2) is 0 Å². The van der Waals surface area contributed by atoms with Crippen LogP contribution in [0.15, 0.2) is 6.20 Å². The highest BCUT2D eigenvalue weighted by molar-refractivity contribution is 7.13. The first-order chi connectivity index (χ1) is 9.24. The van der Waals surface area contributed by atoms with Gasteiger partial charge < -0.3 is 10.2 Å². The van der Waals surface area contributed by atoms with E-state index in [1.165, 1.54) is 17.8 Å². The van der Waals surface area contributed by atoms with Crippen molar-refractivity contribution in [2.75, 3.05) is 39.3 Å². The summed E-state index contributed by atoms with van der Waals surface area (Å²) in [6.07, 6.45) is 2.94. The van der Waals surface area contributed by atoms with Gasteiger partial charge in [0.1, 0.15) is 4.88 Å². The number of carbonyl (C=O) groups is 1. The van der Waals surface area contributed by atoms with Crippen molar-refractivity contribution in [1.29, 1.82) is 0 Å². The van der Waals surface area contributed by atoms with Crippen molar-refractivity contribution < 1.29 is 4.79 Å². The van der Waals surface area contributed by atoms with Crippen LogP contribution in [0.25, 0.3) is 0 Å². The van der Waals surface area contributed by atoms with Crippen molar-refractivity contribution >= 4 is 17.2 Å². The number of nitrogens with zero attached hydrogens (tertiary/aromatic N) is 3. The van der Waals surface area contributed by atoms with E-state index in [4.69, 9.17) is 0 Å². The number of thiazole rings is 1. The average molecular weight is 280 g/mol. The fourth-order valence-electron chi connectivity index (χ4n) is 2.86. The first kappa shape index (κ1) is 13.0. The molecular formula is C13H20N4OS. The van der Waals surface area contributed by atoms with Gasteiger partial charge in [0.2, 0.25) is 0 Å². The van der Waals surface area contributed by atoms with Crippen LogP contribution in [0, 0.1) is 6.92 Å². The molecule has 1 unspecified atom stereocenters. The van der Waals surface area contributed by atoms with E-state index in [1.54, 1.807) is 6.20 Å². The van der Waals surface area contributed by atoms with E-state index in [0.29, 0.717) is 6.04 Å². The number of hydrogen-bond donors (Lipinski definition) is 1. The van der Waals surface area contributed by atoms with Gasteiger partial charge in [-0.25, -0.2) is 4.98 Å². The summed E-state index contributed by atoms with van der Waals surface area (Å²) in [4.78, 5) is 21.7. The molecule has 1 aromatic heterocycles. The van der Waals surface area contributed by atoms with Crippen molar-refractivity contribution in [3.63, 3.8) is 0 Å². The number of hydrogen-bond acceptors (Lipinski definition) is 5. The molecule has 2 saturated heterocycles. The smallest absolute Gasteiger partial charge is 0.265 e. The Morgan fingerprint density at radius 2 is 2.21 bits per heavy atom. The number of aryl methyl sites for hydroxylation is 1. The lowest BCUT2D eigenvalue weighted by atomic mass is 10.2. The summed E-state index contributed by atoms with van der Waals surface area (Å²) in [5.74, 6) is 0.148. The second-order valence-corrected chi connectivity index (χ2v) is 6.45. The molecule has 0 saturated carbocycles. The second kappa shape index (κ2) is 5.56. The molecule has 1 amide bonds. The number of nitrogens with one attached hydrogen (secondary N) is 1. The molecule has 6 heteroatoms. The zero-order chi connectivity index (χ0) is 13.2. The molecule has 2 aliphatic rings. The predicted molar refractivity (Wildman–Crippen MR) is 75.6 cm³/mol. The molecule has 3 heterocycles. The van der Waals surface area contributed by atoms with Gasteiger partial charge in [0.05, 0.1) is 11.2 Å². The normalized spacial score (nSPS) is 24.9. The minimum absolute atomic E-state index is 0.148. The Morgan fingerprint density at radius 1 is 1.42 bits per heavy atom. The van der Waals surface area contributed by atoms with Crippen LogP contribution >= 0.6 is 11.3 Å². The largest absolute Gasteiger partial charge is 0.335 e. The Balaban J connectivity index is 1.56. The zero-order valence-electron chi connectivity index (χ0n) is 11.3. The third-order valence-electron chi connectivity index (χ3n) is 3.98. The van der Waals surface area contributed by atoms with Crippen LogP contribution in [0.5, 0.6) is 0 Å². The zero-order valence-corrected chi connectivity index (χ0v) is 12.1. The average Bonchev–Trinajstić information content (AvgIpc) is 3.09. The number of carbonyl (C=O) groups excluding carboxylic acids is 1. The lowest BCUT2D eigenvalue weighted by Crippen LogP contribution is -2.52. The molecule has 2 aliphatic heterocycles. The summed E-state index contributed by atoms with van der Waals surface area (Å²) in [5.41, 5.74) is 0. The number of aromatic nitrogens is 1. The lowest BCUT2D eigenvalue weighted by molar-refractivity contribution is 0.0588. The topological polar surface area (TPSA) is 48.5 Å². The van der Waals surface area contributed by atoms with Gasteiger partial charge in [-0.1, -0.05) is 0 Å². The summed E-state index contributed by atoms with van der Waals surface area (Å²) in [5, 5.41) is 4.36. The molecule has 0 radical (unpaired) electrons. The van der Waals surface area contributed by atoms with Crippen LogP contribution in [0.3, 0.4) is 0 Å². The van der Waals surface area contributed by atoms with Gasteiger partial charge in [-0.15, -0.1) is 11.3 Å². The Bertz CT molecular complexity index is 447. The predicted octanol–water partition coefficient (Wildman–Crippen LogP) is 0.571. The molecule has 3 rings (SSSR count). The molecule has 2 fully saturated rings. The first-order valence-electron chi connectivity index (χ1n) is 6.90. The summed E-state index contributed by atoms with van der Waals surface area (Å²) >= 11 is 1.49. The summed E-state index contributed by atoms with van der Waals surface area (Å²) in [7, 11) is 0. The van der Waals surface area contributed by atoms with Crippen molar-refractivity contribution in [1.82, 2.24) is 20.1 Å². The lowest BCUT2D eigenvalue weighted by Gasteiger charge is -2.37. The maximum absolute atomic E-state index is 12.3. The fourth-order valence-corrected chi connectivity index (χ4v) is 3.60. The maximum atomic E-state index is 12.3. The van der Waals surface area contributed by atoms with Crippen LogP contribution in [0.4, 0.5) is 0 Å². The summed E-state index contributed by atoms with van der Waals surface area (Å²) < 4.78 is 0. The monoisotopic (exact) mass is 280 g/mol. The third-order valence-corrected chi connectivity index (χ3v) is 4.88. The number of rotatable bonds is 2. The third kappa shape index (κ3) is 2.80. The quantitative estimate of drug-likeness (QED) is 0.860. The van der Waals surface area contributed by atoms with Crippen molar-refractivity contribution in [2.24, 2.45) is 0 Å². The SMILES string of the molecule is Cc1ncc(C(=O)N2CCN(C3CCNC3)CC2)s1. The molecule has 0 spiro atoms. The van der Waals surface area contributed by atoms with E-state index in [9.17, 15) is 4.79 Å². The molecular weight excluding hydrogens is 260 g/mol. The second-order valence-electron chi connectivity index (χ2n) is 5.22. The number of piperazine rings is 1. The van der Waals surface area contributed by atoms with Gasteiger partial charge in [0, 0.05) is 38.8 Å². The molecule has 0 aromatic carbocycles. The van der Waals surface area contributed by atoms with Crippen molar-refractivity contribution in [3.05, 3.63) is 16.1 Å². The van der Waals surface area contributed by atoms with Crippen LogP contribution in [-0.4, -0.2) is 66.0 Å². The van der Waals surface area contributed by atoms with Gasteiger partial charge in [-0.2, -0.15) is 0 Å². The highest BCUT2D eigenvalue weighted by atomic mass is 32.1. The molecule has 1 atom stereocenters. The van der Waals surface area contributed by atoms with E-state index in [0.717, 1.165) is 49.2 Å².